The van der Waals surface area contributed by atoms with E-state index in [0.29, 0.717) is 17.3 Å². The maximum absolute atomic E-state index is 12.6. The van der Waals surface area contributed by atoms with E-state index in [1.165, 1.54) is 15.6 Å². The van der Waals surface area contributed by atoms with Crippen LogP contribution in [-0.4, -0.2) is 32.4 Å². The highest BCUT2D eigenvalue weighted by Gasteiger charge is 2.25. The second-order valence-corrected chi connectivity index (χ2v) is 7.80. The minimum Gasteiger partial charge on any atom is -0.312 e. The molecule has 0 aliphatic heterocycles. The molecular weight excluding hydrogens is 292 g/mol. The summed E-state index contributed by atoms with van der Waals surface area (Å²) < 4.78 is 26.9. The lowest BCUT2D eigenvalue weighted by Crippen LogP contribution is -2.31. The van der Waals surface area contributed by atoms with Crippen molar-refractivity contribution >= 4 is 21.4 Å². The molecule has 0 fully saturated rings. The first-order valence-corrected chi connectivity index (χ1v) is 8.96. The predicted octanol–water partition coefficient (Wildman–Crippen LogP) is 2.20. The summed E-state index contributed by atoms with van der Waals surface area (Å²) in [5.74, 6) is 2.42. The average Bonchev–Trinajstić information content (AvgIpc) is 2.78. The summed E-state index contributed by atoms with van der Waals surface area (Å²) in [4.78, 5) is 1.06. The number of hydrogen-bond acceptors (Lipinski definition) is 4. The Labute approximate surface area is 126 Å². The molecular formula is C14H22N2O2S2. The van der Waals surface area contributed by atoms with Gasteiger partial charge in [0.1, 0.15) is 4.21 Å². The Hall–Kier alpha value is -0.870. The van der Waals surface area contributed by atoms with Gasteiger partial charge in [-0.3, -0.25) is 0 Å². The summed E-state index contributed by atoms with van der Waals surface area (Å²) in [7, 11) is -3.47. The van der Waals surface area contributed by atoms with Crippen molar-refractivity contribution in [3.05, 3.63) is 16.5 Å². The van der Waals surface area contributed by atoms with Gasteiger partial charge in [0.25, 0.3) is 10.0 Å². The second-order valence-electron chi connectivity index (χ2n) is 4.49. The van der Waals surface area contributed by atoms with Crippen molar-refractivity contribution in [3.63, 3.8) is 0 Å². The highest BCUT2D eigenvalue weighted by molar-refractivity contribution is 7.91. The summed E-state index contributed by atoms with van der Waals surface area (Å²) in [6, 6.07) is 1.74. The Morgan fingerprint density at radius 1 is 1.45 bits per heavy atom. The van der Waals surface area contributed by atoms with Crippen molar-refractivity contribution in [2.24, 2.45) is 0 Å². The molecule has 0 saturated heterocycles. The lowest BCUT2D eigenvalue weighted by atomic mass is 10.3. The zero-order valence-corrected chi connectivity index (χ0v) is 13.9. The Morgan fingerprint density at radius 2 is 2.15 bits per heavy atom. The number of hydrogen-bond donors (Lipinski definition) is 1. The molecule has 0 spiro atoms. The van der Waals surface area contributed by atoms with Crippen LogP contribution in [0.1, 0.15) is 30.7 Å². The summed E-state index contributed by atoms with van der Waals surface area (Å²) in [6.07, 6.45) is 6.02. The molecule has 1 rings (SSSR count). The van der Waals surface area contributed by atoms with Crippen LogP contribution in [0, 0.1) is 19.3 Å². The van der Waals surface area contributed by atoms with E-state index in [-0.39, 0.29) is 6.54 Å². The molecule has 0 aliphatic carbocycles. The van der Waals surface area contributed by atoms with Crippen LogP contribution in [-0.2, 0) is 16.6 Å². The number of thiophene rings is 1. The summed E-state index contributed by atoms with van der Waals surface area (Å²) in [6.45, 7) is 8.03. The Balaban J connectivity index is 3.05. The zero-order valence-electron chi connectivity index (χ0n) is 12.3. The monoisotopic (exact) mass is 314 g/mol. The third kappa shape index (κ3) is 4.06. The standard InChI is InChI=1S/C14H22N2O2S2/c1-5-8-16(9-6-2)20(17,18)14-10-12(4)13(19-14)11-15-7-3/h1,10,15H,6-9,11H2,2-4H3. The molecule has 6 heteroatoms. The van der Waals surface area contributed by atoms with E-state index < -0.39 is 10.0 Å². The van der Waals surface area contributed by atoms with Crippen molar-refractivity contribution in [3.8, 4) is 12.3 Å². The molecule has 1 heterocycles. The van der Waals surface area contributed by atoms with E-state index in [9.17, 15) is 8.42 Å². The lowest BCUT2D eigenvalue weighted by Gasteiger charge is -2.17. The van der Waals surface area contributed by atoms with Crippen LogP contribution in [0.4, 0.5) is 0 Å². The molecule has 1 aromatic heterocycles. The molecule has 0 saturated carbocycles. The van der Waals surface area contributed by atoms with Crippen LogP contribution in [0.5, 0.6) is 0 Å². The van der Waals surface area contributed by atoms with Crippen molar-refractivity contribution in [1.82, 2.24) is 9.62 Å². The number of rotatable bonds is 8. The van der Waals surface area contributed by atoms with Crippen molar-refractivity contribution in [2.75, 3.05) is 19.6 Å². The third-order valence-electron chi connectivity index (χ3n) is 2.87. The maximum Gasteiger partial charge on any atom is 0.253 e. The van der Waals surface area contributed by atoms with E-state index in [0.717, 1.165) is 23.4 Å². The third-order valence-corrected chi connectivity index (χ3v) is 6.40. The second kappa shape index (κ2) is 7.79. The first kappa shape index (κ1) is 17.2. The van der Waals surface area contributed by atoms with E-state index in [1.807, 2.05) is 20.8 Å². The minimum atomic E-state index is -3.47. The van der Waals surface area contributed by atoms with Gasteiger partial charge in [-0.25, -0.2) is 8.42 Å². The quantitative estimate of drug-likeness (QED) is 0.748. The molecule has 0 bridgehead atoms. The number of terminal acetylenes is 1. The molecule has 20 heavy (non-hydrogen) atoms. The zero-order chi connectivity index (χ0) is 15.2. The first-order valence-electron chi connectivity index (χ1n) is 6.71. The Bertz CT molecular complexity index is 570. The molecule has 0 atom stereocenters. The Kier molecular flexibility index (Phi) is 6.69. The summed E-state index contributed by atoms with van der Waals surface area (Å²) in [5, 5.41) is 3.22. The van der Waals surface area contributed by atoms with Gasteiger partial charge < -0.3 is 5.32 Å². The summed E-state index contributed by atoms with van der Waals surface area (Å²) >= 11 is 1.33. The van der Waals surface area contributed by atoms with Gasteiger partial charge in [-0.15, -0.1) is 17.8 Å². The van der Waals surface area contributed by atoms with Crippen molar-refractivity contribution < 1.29 is 8.42 Å². The molecule has 4 nitrogen and oxygen atoms in total. The normalized spacial score (nSPS) is 11.8. The van der Waals surface area contributed by atoms with Gasteiger partial charge in [0.05, 0.1) is 6.54 Å². The number of nitrogens with zero attached hydrogens (tertiary/aromatic N) is 1. The fourth-order valence-electron chi connectivity index (χ4n) is 1.79. The molecule has 0 aliphatic rings. The Morgan fingerprint density at radius 3 is 2.70 bits per heavy atom. The van der Waals surface area contributed by atoms with Gasteiger partial charge in [0.2, 0.25) is 0 Å². The van der Waals surface area contributed by atoms with Gasteiger partial charge in [-0.1, -0.05) is 19.8 Å². The van der Waals surface area contributed by atoms with E-state index in [2.05, 4.69) is 11.2 Å². The van der Waals surface area contributed by atoms with E-state index in [4.69, 9.17) is 6.42 Å². The lowest BCUT2D eigenvalue weighted by molar-refractivity contribution is 0.447. The van der Waals surface area contributed by atoms with Crippen LogP contribution in [0.2, 0.25) is 0 Å². The first-order chi connectivity index (χ1) is 9.47. The van der Waals surface area contributed by atoms with E-state index >= 15 is 0 Å². The highest BCUT2D eigenvalue weighted by atomic mass is 32.2. The maximum atomic E-state index is 12.6. The van der Waals surface area contributed by atoms with Crippen molar-refractivity contribution in [2.45, 2.75) is 37.9 Å². The van der Waals surface area contributed by atoms with Crippen LogP contribution >= 0.6 is 11.3 Å². The minimum absolute atomic E-state index is 0.121. The van der Waals surface area contributed by atoms with E-state index in [1.54, 1.807) is 6.07 Å². The molecule has 0 unspecified atom stereocenters. The fraction of sp³-hybridized carbons (Fsp3) is 0.571. The molecule has 0 radical (unpaired) electrons. The van der Waals surface area contributed by atoms with Gasteiger partial charge in [-0.05, 0) is 31.5 Å². The van der Waals surface area contributed by atoms with Gasteiger partial charge in [0, 0.05) is 18.0 Å². The van der Waals surface area contributed by atoms with Gasteiger partial charge >= 0.3 is 0 Å². The fourth-order valence-corrected chi connectivity index (χ4v) is 4.95. The van der Waals surface area contributed by atoms with Crippen molar-refractivity contribution in [1.29, 1.82) is 0 Å². The van der Waals surface area contributed by atoms with Crippen LogP contribution in [0.25, 0.3) is 0 Å². The number of nitrogens with one attached hydrogen (secondary N) is 1. The van der Waals surface area contributed by atoms with Crippen LogP contribution < -0.4 is 5.32 Å². The molecule has 0 aromatic carbocycles. The molecule has 0 amide bonds. The largest absolute Gasteiger partial charge is 0.312 e. The number of aryl methyl sites for hydroxylation is 1. The number of sulfonamides is 1. The topological polar surface area (TPSA) is 49.4 Å². The van der Waals surface area contributed by atoms with Gasteiger partial charge in [0.15, 0.2) is 0 Å². The highest BCUT2D eigenvalue weighted by Crippen LogP contribution is 2.28. The summed E-state index contributed by atoms with van der Waals surface area (Å²) in [5.41, 5.74) is 1.01. The molecule has 1 N–H and O–H groups in total. The SMILES string of the molecule is C#CCN(CCC)S(=O)(=O)c1cc(C)c(CNCC)s1. The van der Waals surface area contributed by atoms with Crippen LogP contribution in [0.15, 0.2) is 10.3 Å². The predicted molar refractivity (Wildman–Crippen MR) is 84.3 cm³/mol. The molecule has 112 valence electrons. The smallest absolute Gasteiger partial charge is 0.253 e. The van der Waals surface area contributed by atoms with Crippen LogP contribution in [0.3, 0.4) is 0 Å². The average molecular weight is 314 g/mol. The van der Waals surface area contributed by atoms with Gasteiger partial charge in [-0.2, -0.15) is 4.31 Å². The molecule has 1 aromatic rings.